The van der Waals surface area contributed by atoms with E-state index in [1.165, 1.54) is 12.8 Å². The molecule has 26 heavy (non-hydrogen) atoms. The lowest BCUT2D eigenvalue weighted by Gasteiger charge is -2.27. The van der Waals surface area contributed by atoms with Crippen LogP contribution in [0.4, 0.5) is 0 Å². The summed E-state index contributed by atoms with van der Waals surface area (Å²) in [5.74, 6) is 0.783. The Balaban J connectivity index is 0.00000196. The molecule has 0 atom stereocenters. The molecule has 1 saturated carbocycles. The minimum Gasteiger partial charge on any atom is -0.378 e. The maximum atomic E-state index is 13.0. The Morgan fingerprint density at radius 2 is 1.81 bits per heavy atom. The molecule has 0 bridgehead atoms. The van der Waals surface area contributed by atoms with Crippen molar-refractivity contribution in [2.45, 2.75) is 38.3 Å². The molecule has 2 fully saturated rings. The number of benzene rings is 1. The van der Waals surface area contributed by atoms with Gasteiger partial charge in [0, 0.05) is 42.8 Å². The summed E-state index contributed by atoms with van der Waals surface area (Å²) in [6, 6.07) is 8.63. The number of hydrogen-bond donors (Lipinski definition) is 1. The van der Waals surface area contributed by atoms with Gasteiger partial charge in [0.15, 0.2) is 0 Å². The van der Waals surface area contributed by atoms with E-state index in [0.717, 1.165) is 35.9 Å². The molecule has 1 amide bonds. The van der Waals surface area contributed by atoms with E-state index >= 15 is 0 Å². The second kappa shape index (κ2) is 8.42. The molecule has 2 aliphatic rings. The number of carbonyl (C=O) groups excluding carboxylic acids is 1. The van der Waals surface area contributed by atoms with Crippen LogP contribution in [0.2, 0.25) is 0 Å². The number of amides is 1. The largest absolute Gasteiger partial charge is 0.378 e. The van der Waals surface area contributed by atoms with Crippen molar-refractivity contribution in [3.05, 3.63) is 36.0 Å². The molecule has 2 N–H and O–H groups in total. The van der Waals surface area contributed by atoms with Gasteiger partial charge < -0.3 is 19.9 Å². The molecule has 0 spiro atoms. The summed E-state index contributed by atoms with van der Waals surface area (Å²) in [6.45, 7) is 3.60. The first-order valence-corrected chi connectivity index (χ1v) is 9.43. The first kappa shape index (κ1) is 19.2. The van der Waals surface area contributed by atoms with Crippen LogP contribution < -0.4 is 5.73 Å². The molecule has 1 aliphatic carbocycles. The molecular formula is C20H28ClN3O2. The fraction of sp³-hybridized carbons (Fsp3) is 0.550. The number of morpholine rings is 1. The number of para-hydroxylation sites is 1. The topological polar surface area (TPSA) is 60.5 Å². The van der Waals surface area contributed by atoms with E-state index in [0.29, 0.717) is 38.3 Å². The quantitative estimate of drug-likeness (QED) is 0.894. The molecule has 6 heteroatoms. The Labute approximate surface area is 160 Å². The number of halogens is 1. The van der Waals surface area contributed by atoms with Gasteiger partial charge in [-0.1, -0.05) is 18.2 Å². The fourth-order valence-corrected chi connectivity index (χ4v) is 4.15. The first-order valence-electron chi connectivity index (χ1n) is 9.43. The number of nitrogens with two attached hydrogens (primary N) is 1. The summed E-state index contributed by atoms with van der Waals surface area (Å²) in [4.78, 5) is 14.9. The molecule has 1 aromatic heterocycles. The zero-order valence-corrected chi connectivity index (χ0v) is 15.9. The molecular weight excluding hydrogens is 350 g/mol. The molecule has 2 heterocycles. The van der Waals surface area contributed by atoms with E-state index in [-0.39, 0.29) is 18.3 Å². The van der Waals surface area contributed by atoms with Crippen molar-refractivity contribution in [1.82, 2.24) is 9.47 Å². The van der Waals surface area contributed by atoms with Crippen LogP contribution in [0.3, 0.4) is 0 Å². The summed E-state index contributed by atoms with van der Waals surface area (Å²) in [6.07, 6.45) is 6.66. The maximum absolute atomic E-state index is 13.0. The van der Waals surface area contributed by atoms with Crippen LogP contribution in [0.5, 0.6) is 0 Å². The van der Waals surface area contributed by atoms with E-state index in [4.69, 9.17) is 10.5 Å². The van der Waals surface area contributed by atoms with E-state index in [1.807, 2.05) is 11.0 Å². The van der Waals surface area contributed by atoms with Crippen LogP contribution in [0, 0.1) is 5.92 Å². The fourth-order valence-electron chi connectivity index (χ4n) is 4.15. The van der Waals surface area contributed by atoms with Crippen LogP contribution >= 0.6 is 12.4 Å². The Kier molecular flexibility index (Phi) is 6.22. The molecule has 5 nitrogen and oxygen atoms in total. The van der Waals surface area contributed by atoms with Gasteiger partial charge in [-0.15, -0.1) is 12.4 Å². The van der Waals surface area contributed by atoms with Gasteiger partial charge in [-0.05, 0) is 37.7 Å². The van der Waals surface area contributed by atoms with Crippen LogP contribution in [-0.2, 0) is 11.3 Å². The Hall–Kier alpha value is -1.56. The third-order valence-electron chi connectivity index (χ3n) is 5.66. The highest BCUT2D eigenvalue weighted by molar-refractivity contribution is 6.07. The van der Waals surface area contributed by atoms with Gasteiger partial charge in [-0.3, -0.25) is 4.79 Å². The number of ether oxygens (including phenoxy) is 1. The molecule has 4 rings (SSSR count). The number of fused-ring (bicyclic) bond motifs is 1. The van der Waals surface area contributed by atoms with Gasteiger partial charge >= 0.3 is 0 Å². The van der Waals surface area contributed by atoms with Gasteiger partial charge in [0.2, 0.25) is 0 Å². The zero-order chi connectivity index (χ0) is 17.2. The normalized spacial score (nSPS) is 23.7. The van der Waals surface area contributed by atoms with Gasteiger partial charge in [-0.2, -0.15) is 0 Å². The summed E-state index contributed by atoms with van der Waals surface area (Å²) in [5, 5.41) is 1.06. The number of rotatable bonds is 3. The lowest BCUT2D eigenvalue weighted by molar-refractivity contribution is 0.0304. The third kappa shape index (κ3) is 3.90. The van der Waals surface area contributed by atoms with Gasteiger partial charge in [0.25, 0.3) is 5.91 Å². The second-order valence-corrected chi connectivity index (χ2v) is 7.40. The van der Waals surface area contributed by atoms with Crippen molar-refractivity contribution in [1.29, 1.82) is 0 Å². The Morgan fingerprint density at radius 1 is 1.12 bits per heavy atom. The minimum atomic E-state index is 0. The standard InChI is InChI=1S/C20H27N3O2.ClH/c21-16-7-5-15(6-8-16)13-23-14-18(17-3-1-2-4-19(17)23)20(24)22-9-11-25-12-10-22;/h1-4,14-16H,5-13,21H2;1H. The molecule has 1 saturated heterocycles. The number of hydrogen-bond acceptors (Lipinski definition) is 3. The Bertz CT molecular complexity index is 747. The van der Waals surface area contributed by atoms with Crippen molar-refractivity contribution in [3.63, 3.8) is 0 Å². The Morgan fingerprint density at radius 3 is 2.54 bits per heavy atom. The number of carbonyl (C=O) groups is 1. The number of aromatic nitrogens is 1. The SMILES string of the molecule is Cl.NC1CCC(Cn2cc(C(=O)N3CCOCC3)c3ccccc32)CC1. The van der Waals surface area contributed by atoms with E-state index < -0.39 is 0 Å². The highest BCUT2D eigenvalue weighted by Crippen LogP contribution is 2.29. The average molecular weight is 378 g/mol. The van der Waals surface area contributed by atoms with E-state index in [1.54, 1.807) is 0 Å². The lowest BCUT2D eigenvalue weighted by atomic mass is 9.86. The van der Waals surface area contributed by atoms with Crippen molar-refractivity contribution in [2.24, 2.45) is 11.7 Å². The summed E-state index contributed by atoms with van der Waals surface area (Å²) in [5.41, 5.74) is 8.03. The van der Waals surface area contributed by atoms with Crippen molar-refractivity contribution < 1.29 is 9.53 Å². The van der Waals surface area contributed by atoms with Gasteiger partial charge in [-0.25, -0.2) is 0 Å². The van der Waals surface area contributed by atoms with Gasteiger partial charge in [0.05, 0.1) is 18.8 Å². The summed E-state index contributed by atoms with van der Waals surface area (Å²) in [7, 11) is 0. The predicted octanol–water partition coefficient (Wildman–Crippen LogP) is 3.05. The third-order valence-corrected chi connectivity index (χ3v) is 5.66. The highest BCUT2D eigenvalue weighted by Gasteiger charge is 2.24. The molecule has 2 aromatic rings. The molecule has 142 valence electrons. The predicted molar refractivity (Wildman–Crippen MR) is 106 cm³/mol. The zero-order valence-electron chi connectivity index (χ0n) is 15.1. The van der Waals surface area contributed by atoms with Crippen molar-refractivity contribution in [2.75, 3.05) is 26.3 Å². The smallest absolute Gasteiger partial charge is 0.256 e. The number of nitrogens with zero attached hydrogens (tertiary/aromatic N) is 2. The first-order chi connectivity index (χ1) is 12.2. The highest BCUT2D eigenvalue weighted by atomic mass is 35.5. The summed E-state index contributed by atoms with van der Waals surface area (Å²) < 4.78 is 7.66. The van der Waals surface area contributed by atoms with Crippen molar-refractivity contribution in [3.8, 4) is 0 Å². The van der Waals surface area contributed by atoms with Crippen LogP contribution in [0.25, 0.3) is 10.9 Å². The molecule has 0 unspecified atom stereocenters. The van der Waals surface area contributed by atoms with Crippen LogP contribution in [-0.4, -0.2) is 47.7 Å². The second-order valence-electron chi connectivity index (χ2n) is 7.40. The molecule has 1 aromatic carbocycles. The minimum absolute atomic E-state index is 0. The molecule has 0 radical (unpaired) electrons. The van der Waals surface area contributed by atoms with Crippen molar-refractivity contribution >= 4 is 29.2 Å². The van der Waals surface area contributed by atoms with E-state index in [2.05, 4.69) is 29.0 Å². The van der Waals surface area contributed by atoms with Gasteiger partial charge in [0.1, 0.15) is 0 Å². The monoisotopic (exact) mass is 377 g/mol. The van der Waals surface area contributed by atoms with Crippen LogP contribution in [0.15, 0.2) is 30.5 Å². The molecule has 1 aliphatic heterocycles. The summed E-state index contributed by atoms with van der Waals surface area (Å²) >= 11 is 0. The van der Waals surface area contributed by atoms with Crippen LogP contribution in [0.1, 0.15) is 36.0 Å². The maximum Gasteiger partial charge on any atom is 0.256 e. The van der Waals surface area contributed by atoms with E-state index in [9.17, 15) is 4.79 Å². The lowest BCUT2D eigenvalue weighted by Crippen LogP contribution is -2.40. The average Bonchev–Trinajstić information content (AvgIpc) is 3.02.